The number of halogens is 1. The van der Waals surface area contributed by atoms with Crippen LogP contribution in [-0.4, -0.2) is 37.9 Å². The van der Waals surface area contributed by atoms with Crippen LogP contribution in [0.15, 0.2) is 29.2 Å². The van der Waals surface area contributed by atoms with E-state index in [9.17, 15) is 17.6 Å². The highest BCUT2D eigenvalue weighted by Gasteiger charge is 2.35. The van der Waals surface area contributed by atoms with Crippen LogP contribution in [0.1, 0.15) is 44.9 Å². The molecule has 0 spiro atoms. The number of rotatable bonds is 4. The van der Waals surface area contributed by atoms with E-state index in [0.29, 0.717) is 19.4 Å². The lowest BCUT2D eigenvalue weighted by atomic mass is 9.96. The smallest absolute Gasteiger partial charge is 0.310 e. The van der Waals surface area contributed by atoms with Crippen LogP contribution in [0.25, 0.3) is 0 Å². The standard InChI is InChI=1S/C18H24FNO4S/c19-15-8-10-17(11-9-15)25(22,23)20-12-4-5-14(13-20)18(21)24-16-6-2-1-3-7-16/h8-11,14,16H,1-7,12-13H2. The maximum Gasteiger partial charge on any atom is 0.310 e. The molecule has 1 saturated heterocycles. The van der Waals surface area contributed by atoms with Crippen LogP contribution in [-0.2, 0) is 19.6 Å². The Morgan fingerprint density at radius 2 is 1.72 bits per heavy atom. The van der Waals surface area contributed by atoms with Gasteiger partial charge in [0, 0.05) is 13.1 Å². The number of carbonyl (C=O) groups excluding carboxylic acids is 1. The summed E-state index contributed by atoms with van der Waals surface area (Å²) in [4.78, 5) is 12.5. The number of hydrogen-bond donors (Lipinski definition) is 0. The summed E-state index contributed by atoms with van der Waals surface area (Å²) in [5.74, 6) is -1.19. The maximum absolute atomic E-state index is 13.0. The van der Waals surface area contributed by atoms with Crippen LogP contribution in [0.3, 0.4) is 0 Å². The minimum Gasteiger partial charge on any atom is -0.462 e. The molecular formula is C18H24FNO4S. The molecular weight excluding hydrogens is 345 g/mol. The van der Waals surface area contributed by atoms with Crippen molar-refractivity contribution >= 4 is 16.0 Å². The van der Waals surface area contributed by atoms with Gasteiger partial charge in [-0.1, -0.05) is 6.42 Å². The number of esters is 1. The van der Waals surface area contributed by atoms with Gasteiger partial charge in [0.25, 0.3) is 0 Å². The second-order valence-corrected chi connectivity index (χ2v) is 8.79. The second kappa shape index (κ2) is 7.83. The first-order valence-corrected chi connectivity index (χ1v) is 10.4. The first-order chi connectivity index (χ1) is 12.0. The average molecular weight is 369 g/mol. The van der Waals surface area contributed by atoms with Gasteiger partial charge in [-0.15, -0.1) is 0 Å². The van der Waals surface area contributed by atoms with Crippen LogP contribution in [0, 0.1) is 11.7 Å². The summed E-state index contributed by atoms with van der Waals surface area (Å²) in [5, 5.41) is 0. The summed E-state index contributed by atoms with van der Waals surface area (Å²) < 4.78 is 45.4. The SMILES string of the molecule is O=C(OC1CCCCC1)C1CCCN(S(=O)(=O)c2ccc(F)cc2)C1. The third-order valence-corrected chi connectivity index (χ3v) is 6.88. The number of ether oxygens (including phenoxy) is 1. The van der Waals surface area contributed by atoms with Gasteiger partial charge in [0.15, 0.2) is 0 Å². The Bertz CT molecular complexity index is 698. The highest BCUT2D eigenvalue weighted by molar-refractivity contribution is 7.89. The van der Waals surface area contributed by atoms with Crippen LogP contribution in [0.5, 0.6) is 0 Å². The van der Waals surface area contributed by atoms with Crippen LogP contribution < -0.4 is 0 Å². The van der Waals surface area contributed by atoms with Crippen molar-refractivity contribution in [1.29, 1.82) is 0 Å². The van der Waals surface area contributed by atoms with E-state index in [1.807, 2.05) is 0 Å². The number of nitrogens with zero attached hydrogens (tertiary/aromatic N) is 1. The van der Waals surface area contributed by atoms with Gasteiger partial charge in [0.2, 0.25) is 10.0 Å². The lowest BCUT2D eigenvalue weighted by molar-refractivity contribution is -0.156. The molecule has 0 bridgehead atoms. The van der Waals surface area contributed by atoms with Crippen molar-refractivity contribution in [2.75, 3.05) is 13.1 Å². The molecule has 1 aliphatic heterocycles. The summed E-state index contributed by atoms with van der Waals surface area (Å²) >= 11 is 0. The number of piperidine rings is 1. The van der Waals surface area contributed by atoms with Crippen molar-refractivity contribution in [2.24, 2.45) is 5.92 Å². The first-order valence-electron chi connectivity index (χ1n) is 8.93. The van der Waals surface area contributed by atoms with Crippen molar-refractivity contribution in [3.05, 3.63) is 30.1 Å². The fourth-order valence-corrected chi connectivity index (χ4v) is 5.08. The van der Waals surface area contributed by atoms with Crippen molar-refractivity contribution in [3.8, 4) is 0 Å². The molecule has 2 fully saturated rings. The van der Waals surface area contributed by atoms with E-state index >= 15 is 0 Å². The number of hydrogen-bond acceptors (Lipinski definition) is 4. The molecule has 1 atom stereocenters. The highest BCUT2D eigenvalue weighted by Crippen LogP contribution is 2.27. The van der Waals surface area contributed by atoms with Crippen LogP contribution in [0.4, 0.5) is 4.39 Å². The van der Waals surface area contributed by atoms with Gasteiger partial charge >= 0.3 is 5.97 Å². The Labute approximate surface area is 148 Å². The van der Waals surface area contributed by atoms with E-state index in [4.69, 9.17) is 4.74 Å². The van der Waals surface area contributed by atoms with Gasteiger partial charge in [-0.25, -0.2) is 12.8 Å². The van der Waals surface area contributed by atoms with E-state index < -0.39 is 21.8 Å². The van der Waals surface area contributed by atoms with Gasteiger partial charge in [-0.2, -0.15) is 4.31 Å². The Hall–Kier alpha value is -1.47. The predicted octanol–water partition coefficient (Wildman–Crippen LogP) is 3.10. The quantitative estimate of drug-likeness (QED) is 0.765. The molecule has 0 radical (unpaired) electrons. The summed E-state index contributed by atoms with van der Waals surface area (Å²) in [6.45, 7) is 0.498. The fourth-order valence-electron chi connectivity index (χ4n) is 3.55. The zero-order valence-electron chi connectivity index (χ0n) is 14.2. The maximum atomic E-state index is 13.0. The molecule has 1 saturated carbocycles. The third-order valence-electron chi connectivity index (χ3n) is 5.00. The van der Waals surface area contributed by atoms with E-state index in [0.717, 1.165) is 37.8 Å². The molecule has 1 heterocycles. The van der Waals surface area contributed by atoms with Crippen LogP contribution in [0.2, 0.25) is 0 Å². The van der Waals surface area contributed by atoms with Gasteiger partial charge in [0.1, 0.15) is 11.9 Å². The molecule has 25 heavy (non-hydrogen) atoms. The molecule has 5 nitrogen and oxygen atoms in total. The molecule has 2 aliphatic rings. The molecule has 7 heteroatoms. The lowest BCUT2D eigenvalue weighted by Crippen LogP contribution is -2.43. The first kappa shape index (κ1) is 18.3. The summed E-state index contributed by atoms with van der Waals surface area (Å²) in [6, 6.07) is 4.78. The molecule has 1 unspecified atom stereocenters. The fraction of sp³-hybridized carbons (Fsp3) is 0.611. The number of benzene rings is 1. The highest BCUT2D eigenvalue weighted by atomic mass is 32.2. The second-order valence-electron chi connectivity index (χ2n) is 6.85. The molecule has 3 rings (SSSR count). The van der Waals surface area contributed by atoms with E-state index in [1.54, 1.807) is 0 Å². The Kier molecular flexibility index (Phi) is 5.74. The van der Waals surface area contributed by atoms with Crippen molar-refractivity contribution < 1.29 is 22.3 Å². The summed E-state index contributed by atoms with van der Waals surface area (Å²) in [7, 11) is -3.72. The largest absolute Gasteiger partial charge is 0.462 e. The number of sulfonamides is 1. The molecule has 0 N–H and O–H groups in total. The molecule has 1 aromatic carbocycles. The van der Waals surface area contributed by atoms with Crippen molar-refractivity contribution in [3.63, 3.8) is 0 Å². The summed E-state index contributed by atoms with van der Waals surface area (Å²) in [5.41, 5.74) is 0. The zero-order valence-corrected chi connectivity index (χ0v) is 15.0. The Balaban J connectivity index is 1.65. The minimum absolute atomic E-state index is 0.0228. The molecule has 1 aromatic rings. The van der Waals surface area contributed by atoms with E-state index in [1.165, 1.54) is 22.9 Å². The third kappa shape index (κ3) is 4.39. The van der Waals surface area contributed by atoms with E-state index in [2.05, 4.69) is 0 Å². The Morgan fingerprint density at radius 3 is 2.40 bits per heavy atom. The number of carbonyl (C=O) groups is 1. The van der Waals surface area contributed by atoms with Gasteiger partial charge in [-0.3, -0.25) is 4.79 Å². The van der Waals surface area contributed by atoms with Gasteiger partial charge in [0.05, 0.1) is 10.8 Å². The zero-order chi connectivity index (χ0) is 17.9. The lowest BCUT2D eigenvalue weighted by Gasteiger charge is -2.32. The van der Waals surface area contributed by atoms with Gasteiger partial charge in [-0.05, 0) is 62.8 Å². The molecule has 138 valence electrons. The summed E-state index contributed by atoms with van der Waals surface area (Å²) in [6.07, 6.45) is 6.37. The van der Waals surface area contributed by atoms with Crippen LogP contribution >= 0.6 is 0 Å². The van der Waals surface area contributed by atoms with E-state index in [-0.39, 0.29) is 23.5 Å². The molecule has 1 aliphatic carbocycles. The van der Waals surface area contributed by atoms with Crippen molar-refractivity contribution in [2.45, 2.75) is 55.9 Å². The molecule has 0 amide bonds. The minimum atomic E-state index is -3.72. The predicted molar refractivity (Wildman–Crippen MR) is 90.8 cm³/mol. The van der Waals surface area contributed by atoms with Crippen molar-refractivity contribution in [1.82, 2.24) is 4.31 Å². The monoisotopic (exact) mass is 369 g/mol. The average Bonchev–Trinajstić information content (AvgIpc) is 2.63. The Morgan fingerprint density at radius 1 is 1.04 bits per heavy atom. The molecule has 0 aromatic heterocycles. The normalized spacial score (nSPS) is 23.3. The van der Waals surface area contributed by atoms with Gasteiger partial charge < -0.3 is 4.74 Å². The topological polar surface area (TPSA) is 63.7 Å².